The topological polar surface area (TPSA) is 195 Å². The van der Waals surface area contributed by atoms with Gasteiger partial charge in [0.2, 0.25) is 27.7 Å². The highest BCUT2D eigenvalue weighted by Gasteiger charge is 2.63. The van der Waals surface area contributed by atoms with Crippen LogP contribution in [0.1, 0.15) is 98.0 Å². The van der Waals surface area contributed by atoms with Gasteiger partial charge in [-0.15, -0.1) is 6.58 Å². The van der Waals surface area contributed by atoms with Crippen LogP contribution in [0, 0.1) is 17.3 Å². The fourth-order valence-corrected chi connectivity index (χ4v) is 10.6. The normalized spacial score (nSPS) is 31.1. The van der Waals surface area contributed by atoms with Gasteiger partial charge >= 0.3 is 6.09 Å². The molecular formula is C46H64N6O10S. The molecule has 3 aliphatic heterocycles. The summed E-state index contributed by atoms with van der Waals surface area (Å²) in [6.07, 6.45) is 5.62. The summed E-state index contributed by atoms with van der Waals surface area (Å²) in [7, 11) is -4.02. The fraction of sp³-hybridized carbons (Fsp3) is 0.674. The van der Waals surface area contributed by atoms with E-state index in [-0.39, 0.29) is 37.5 Å². The number of nitrogens with zero attached hydrogens (tertiary/aromatic N) is 3. The number of amides is 4. The predicted molar refractivity (Wildman–Crippen MR) is 234 cm³/mol. The quantitative estimate of drug-likeness (QED) is 0.286. The molecule has 2 aromatic rings. The minimum Gasteiger partial charge on any atom is -0.490 e. The summed E-state index contributed by atoms with van der Waals surface area (Å²) in [4.78, 5) is 65.6. The van der Waals surface area contributed by atoms with E-state index >= 15 is 0 Å². The number of rotatable bonds is 10. The van der Waals surface area contributed by atoms with Crippen molar-refractivity contribution >= 4 is 44.7 Å². The molecule has 4 heterocycles. The third-order valence-corrected chi connectivity index (χ3v) is 16.1. The summed E-state index contributed by atoms with van der Waals surface area (Å²) in [5.74, 6) is -1.32. The monoisotopic (exact) mass is 892 g/mol. The maximum Gasteiger partial charge on any atom is 0.408 e. The third-order valence-electron chi connectivity index (χ3n) is 14.0. The van der Waals surface area contributed by atoms with Crippen LogP contribution in [0.15, 0.2) is 36.9 Å². The zero-order chi connectivity index (χ0) is 44.9. The highest BCUT2D eigenvalue weighted by molar-refractivity contribution is 7.91. The second kappa shape index (κ2) is 17.5. The molecule has 0 spiro atoms. The first-order valence-corrected chi connectivity index (χ1v) is 24.3. The van der Waals surface area contributed by atoms with Gasteiger partial charge in [0, 0.05) is 30.8 Å². The number of benzene rings is 1. The van der Waals surface area contributed by atoms with E-state index in [1.54, 1.807) is 6.92 Å². The van der Waals surface area contributed by atoms with Crippen LogP contribution in [0.25, 0.3) is 10.9 Å². The van der Waals surface area contributed by atoms with E-state index in [4.69, 9.17) is 23.9 Å². The van der Waals surface area contributed by atoms with Gasteiger partial charge in [-0.05, 0) is 81.9 Å². The molecule has 344 valence electrons. The molecule has 1 aromatic carbocycles. The fourth-order valence-electron chi connectivity index (χ4n) is 9.34. The van der Waals surface area contributed by atoms with Gasteiger partial charge in [-0.25, -0.2) is 18.2 Å². The Kier molecular flexibility index (Phi) is 12.5. The van der Waals surface area contributed by atoms with E-state index in [9.17, 15) is 27.6 Å². The Morgan fingerprint density at radius 3 is 2.59 bits per heavy atom. The Morgan fingerprint density at radius 2 is 1.87 bits per heavy atom. The highest BCUT2D eigenvalue weighted by atomic mass is 32.2. The number of nitrogens with one attached hydrogen (secondary N) is 3. The number of carbonyl (C=O) groups is 4. The van der Waals surface area contributed by atoms with Crippen molar-refractivity contribution in [2.45, 2.75) is 140 Å². The molecule has 0 radical (unpaired) electrons. The Labute approximate surface area is 370 Å². The first kappa shape index (κ1) is 45.1. The molecule has 5 fully saturated rings. The third kappa shape index (κ3) is 9.51. The number of aromatic nitrogens is 1. The zero-order valence-corrected chi connectivity index (χ0v) is 38.1. The number of morpholine rings is 1. The van der Waals surface area contributed by atoms with Gasteiger partial charge in [0.05, 0.1) is 29.0 Å². The van der Waals surface area contributed by atoms with Crippen molar-refractivity contribution in [1.29, 1.82) is 0 Å². The maximum atomic E-state index is 14.9. The maximum absolute atomic E-state index is 14.9. The number of fused-ring (bicyclic) bond motifs is 5. The number of hydrogen-bond donors (Lipinski definition) is 3. The average molecular weight is 893 g/mol. The van der Waals surface area contributed by atoms with Crippen LogP contribution in [0.2, 0.25) is 0 Å². The van der Waals surface area contributed by atoms with Gasteiger partial charge in [-0.2, -0.15) is 0 Å². The second-order valence-electron chi connectivity index (χ2n) is 19.8. The Hall–Kier alpha value is -4.48. The van der Waals surface area contributed by atoms with Crippen LogP contribution in [-0.4, -0.2) is 127 Å². The van der Waals surface area contributed by atoms with Gasteiger partial charge in [0.15, 0.2) is 0 Å². The number of sulfonamides is 1. The van der Waals surface area contributed by atoms with E-state index < -0.39 is 73.6 Å². The number of ether oxygens (including phenoxy) is 4. The van der Waals surface area contributed by atoms with Crippen molar-refractivity contribution < 1.29 is 46.5 Å². The number of likely N-dealkylation sites (N-methyl/N-ethyl adjacent to an activating group) is 1. The Balaban J connectivity index is 1.13. The summed E-state index contributed by atoms with van der Waals surface area (Å²) in [5.41, 5.74) is -0.937. The van der Waals surface area contributed by atoms with Crippen LogP contribution in [0.3, 0.4) is 0 Å². The molecule has 6 aliphatic rings. The zero-order valence-electron chi connectivity index (χ0n) is 37.3. The highest BCUT2D eigenvalue weighted by Crippen LogP contribution is 2.47. The minimum absolute atomic E-state index is 0.0162. The van der Waals surface area contributed by atoms with E-state index in [1.165, 1.54) is 11.0 Å². The van der Waals surface area contributed by atoms with Gasteiger partial charge in [-0.1, -0.05) is 58.7 Å². The summed E-state index contributed by atoms with van der Waals surface area (Å²) in [6.45, 7) is 16.5. The van der Waals surface area contributed by atoms with E-state index in [0.717, 1.165) is 62.7 Å². The predicted octanol–water partition coefficient (Wildman–Crippen LogP) is 4.39. The first-order chi connectivity index (χ1) is 29.9. The van der Waals surface area contributed by atoms with Gasteiger partial charge in [-0.3, -0.25) is 24.0 Å². The molecular weight excluding hydrogens is 829 g/mol. The number of para-hydroxylation sites is 1. The smallest absolute Gasteiger partial charge is 0.408 e. The molecule has 8 atom stereocenters. The number of carbonyl (C=O) groups excluding carboxylic acids is 4. The van der Waals surface area contributed by atoms with Crippen molar-refractivity contribution in [2.24, 2.45) is 17.3 Å². The largest absolute Gasteiger partial charge is 0.490 e. The van der Waals surface area contributed by atoms with Crippen LogP contribution >= 0.6 is 0 Å². The SMILES string of the molecule is C=C[C@@H]1C[C@]1(NC(=O)[C@@H]1C[C@@H]2CN1C(=O)[C@H](C(C)(C)C)NC(=O)O[C@@H]1C[C@H]1CCCCCc1c(nc3ccccc3c1OCC1CN(CC)CCO1)O2)C(=O)NS(=O)(=O)C1(C)CC1. The standard InChI is InChI=1S/C46H64N6O10S/c1-7-29-24-46(29,42(55)50-63(57,58)45(6)18-19-45)49-39(53)35-23-30-26-52(35)41(54)38(44(3,4)5)48-43(56)62-36-22-28(36)14-10-9-11-16-33-37(60-27-31-25-51(8-2)20-21-59-31)32-15-12-13-17-34(32)47-40(33)61-30/h7,12-13,15,17,28-31,35-36,38H,1,8-11,14,16,18-27H2,2-6H3,(H,48,56)(H,49,53)(H,50,55)/t28-,29-,30-,31?,35+,36-,38-,46-/m1/s1. The summed E-state index contributed by atoms with van der Waals surface area (Å²) in [6, 6.07) is 5.48. The molecule has 8 rings (SSSR count). The summed E-state index contributed by atoms with van der Waals surface area (Å²) in [5, 5.41) is 6.54. The number of alkyl carbamates (subject to hydrolysis) is 1. The van der Waals surface area contributed by atoms with Crippen LogP contribution < -0.4 is 24.8 Å². The minimum atomic E-state index is -4.02. The van der Waals surface area contributed by atoms with E-state index in [0.29, 0.717) is 49.6 Å². The number of hydrogen-bond acceptors (Lipinski definition) is 12. The molecule has 4 amide bonds. The number of pyridine rings is 1. The molecule has 1 aromatic heterocycles. The molecule has 3 aliphatic carbocycles. The second-order valence-corrected chi connectivity index (χ2v) is 22.0. The van der Waals surface area contributed by atoms with Crippen LogP contribution in [0.5, 0.6) is 11.6 Å². The molecule has 63 heavy (non-hydrogen) atoms. The van der Waals surface area contributed by atoms with Crippen molar-refractivity contribution in [3.8, 4) is 11.6 Å². The van der Waals surface area contributed by atoms with Crippen LogP contribution in [0.4, 0.5) is 4.79 Å². The molecule has 17 heteroatoms. The van der Waals surface area contributed by atoms with E-state index in [1.807, 2.05) is 45.0 Å². The summed E-state index contributed by atoms with van der Waals surface area (Å²) >= 11 is 0. The Morgan fingerprint density at radius 1 is 1.10 bits per heavy atom. The Bertz CT molecular complexity index is 2230. The molecule has 3 N–H and O–H groups in total. The molecule has 16 nitrogen and oxygen atoms in total. The molecule has 2 bridgehead atoms. The van der Waals surface area contributed by atoms with Crippen LogP contribution in [-0.2, 0) is 40.3 Å². The summed E-state index contributed by atoms with van der Waals surface area (Å²) < 4.78 is 53.1. The lowest BCUT2D eigenvalue weighted by Gasteiger charge is -2.35. The first-order valence-electron chi connectivity index (χ1n) is 22.8. The lowest BCUT2D eigenvalue weighted by atomic mass is 9.85. The van der Waals surface area contributed by atoms with Crippen molar-refractivity contribution in [2.75, 3.05) is 39.4 Å². The van der Waals surface area contributed by atoms with Gasteiger partial charge < -0.3 is 34.5 Å². The van der Waals surface area contributed by atoms with E-state index in [2.05, 4.69) is 33.8 Å². The lowest BCUT2D eigenvalue weighted by Crippen LogP contribution is -2.60. The average Bonchev–Trinajstić information content (AvgIpc) is 4.21. The molecule has 3 saturated carbocycles. The van der Waals surface area contributed by atoms with Gasteiger partial charge in [0.25, 0.3) is 5.91 Å². The molecule has 2 saturated heterocycles. The van der Waals surface area contributed by atoms with Crippen molar-refractivity contribution in [3.63, 3.8) is 0 Å². The lowest BCUT2D eigenvalue weighted by molar-refractivity contribution is -0.142. The van der Waals surface area contributed by atoms with Crippen molar-refractivity contribution in [1.82, 2.24) is 30.1 Å². The van der Waals surface area contributed by atoms with Gasteiger partial charge in [0.1, 0.15) is 48.3 Å². The molecule has 1 unspecified atom stereocenters. The van der Waals surface area contributed by atoms with Crippen molar-refractivity contribution in [3.05, 3.63) is 42.5 Å².